The van der Waals surface area contributed by atoms with E-state index in [2.05, 4.69) is 47.4 Å². The fourth-order valence-corrected chi connectivity index (χ4v) is 2.89. The number of guanidine groups is 1. The third-order valence-corrected chi connectivity index (χ3v) is 4.49. The van der Waals surface area contributed by atoms with Gasteiger partial charge < -0.3 is 20.3 Å². The Labute approximate surface area is 177 Å². The number of nitrogens with zero attached hydrogens (tertiary/aromatic N) is 2. The zero-order valence-electron chi connectivity index (χ0n) is 17.0. The van der Waals surface area contributed by atoms with Crippen molar-refractivity contribution in [3.8, 4) is 5.75 Å². The molecule has 6 heteroatoms. The summed E-state index contributed by atoms with van der Waals surface area (Å²) in [5.74, 6) is 1.81. The molecule has 1 atom stereocenters. The number of benzene rings is 1. The highest BCUT2D eigenvalue weighted by atomic mass is 127. The van der Waals surface area contributed by atoms with Crippen LogP contribution in [0.2, 0.25) is 0 Å². The molecule has 1 rings (SSSR count). The fraction of sp³-hybridized carbons (Fsp3) is 0.650. The number of aliphatic imine (C=N–C) groups is 1. The summed E-state index contributed by atoms with van der Waals surface area (Å²) in [7, 11) is 3.54. The van der Waals surface area contributed by atoms with Crippen LogP contribution < -0.4 is 15.4 Å². The number of hydrogen-bond acceptors (Lipinski definition) is 3. The highest BCUT2D eigenvalue weighted by Crippen LogP contribution is 2.17. The molecule has 1 unspecified atom stereocenters. The van der Waals surface area contributed by atoms with E-state index in [4.69, 9.17) is 4.74 Å². The standard InChI is InChI=1S/C20H36N4O.HI/c1-6-24(7-2)16-10-11-17(3)23-20(21-4)22-15-14-18-12-8-9-13-19(18)25-5;/h8-9,12-13,17H,6-7,10-11,14-16H2,1-5H3,(H2,21,22,23);1H. The molecule has 0 saturated heterocycles. The third kappa shape index (κ3) is 9.62. The quantitative estimate of drug-likeness (QED) is 0.292. The van der Waals surface area contributed by atoms with Gasteiger partial charge in [-0.25, -0.2) is 0 Å². The van der Waals surface area contributed by atoms with Gasteiger partial charge in [0, 0.05) is 19.6 Å². The summed E-state index contributed by atoms with van der Waals surface area (Å²) >= 11 is 0. The number of halogens is 1. The number of rotatable bonds is 11. The van der Waals surface area contributed by atoms with E-state index in [1.165, 1.54) is 18.5 Å². The molecule has 0 amide bonds. The SMILES string of the molecule is CCN(CC)CCCC(C)NC(=NC)NCCc1ccccc1OC.I. The van der Waals surface area contributed by atoms with Crippen LogP contribution in [0.5, 0.6) is 5.75 Å². The molecule has 2 N–H and O–H groups in total. The molecule has 0 heterocycles. The molecule has 0 aliphatic carbocycles. The van der Waals surface area contributed by atoms with E-state index in [9.17, 15) is 0 Å². The summed E-state index contributed by atoms with van der Waals surface area (Å²) in [4.78, 5) is 6.80. The molecular weight excluding hydrogens is 439 g/mol. The Bertz CT molecular complexity index is 506. The number of para-hydroxylation sites is 1. The molecule has 26 heavy (non-hydrogen) atoms. The molecule has 0 bridgehead atoms. The lowest BCUT2D eigenvalue weighted by atomic mass is 10.1. The van der Waals surface area contributed by atoms with Crippen molar-refractivity contribution in [1.29, 1.82) is 0 Å². The molecule has 0 saturated carbocycles. The van der Waals surface area contributed by atoms with Crippen molar-refractivity contribution in [2.75, 3.05) is 40.3 Å². The Morgan fingerprint density at radius 3 is 2.54 bits per heavy atom. The van der Waals surface area contributed by atoms with Crippen LogP contribution in [0.1, 0.15) is 39.2 Å². The van der Waals surface area contributed by atoms with Gasteiger partial charge in [0.1, 0.15) is 5.75 Å². The molecule has 1 aromatic rings. The lowest BCUT2D eigenvalue weighted by Gasteiger charge is -2.21. The summed E-state index contributed by atoms with van der Waals surface area (Å²) in [6.07, 6.45) is 3.25. The van der Waals surface area contributed by atoms with Gasteiger partial charge in [0.05, 0.1) is 7.11 Å². The minimum atomic E-state index is 0. The smallest absolute Gasteiger partial charge is 0.191 e. The fourth-order valence-electron chi connectivity index (χ4n) is 2.89. The average Bonchev–Trinajstić information content (AvgIpc) is 2.64. The highest BCUT2D eigenvalue weighted by Gasteiger charge is 2.07. The predicted octanol–water partition coefficient (Wildman–Crippen LogP) is 3.53. The molecular formula is C20H37IN4O. The minimum Gasteiger partial charge on any atom is -0.496 e. The van der Waals surface area contributed by atoms with Gasteiger partial charge >= 0.3 is 0 Å². The number of ether oxygens (including phenoxy) is 1. The van der Waals surface area contributed by atoms with Gasteiger partial charge in [0.15, 0.2) is 5.96 Å². The summed E-state index contributed by atoms with van der Waals surface area (Å²) in [6.45, 7) is 10.9. The first-order chi connectivity index (χ1) is 12.1. The Kier molecular flexibility index (Phi) is 14.5. The molecule has 0 fully saturated rings. The summed E-state index contributed by atoms with van der Waals surface area (Å²) in [5.41, 5.74) is 1.21. The largest absolute Gasteiger partial charge is 0.496 e. The van der Waals surface area contributed by atoms with Crippen LogP contribution in [0.15, 0.2) is 29.3 Å². The van der Waals surface area contributed by atoms with Gasteiger partial charge in [0.25, 0.3) is 0 Å². The van der Waals surface area contributed by atoms with E-state index in [1.807, 2.05) is 25.2 Å². The Hall–Kier alpha value is -1.02. The highest BCUT2D eigenvalue weighted by molar-refractivity contribution is 14.0. The van der Waals surface area contributed by atoms with Crippen LogP contribution in [0.4, 0.5) is 0 Å². The Morgan fingerprint density at radius 2 is 1.92 bits per heavy atom. The zero-order chi connectivity index (χ0) is 18.5. The molecule has 0 radical (unpaired) electrons. The van der Waals surface area contributed by atoms with Gasteiger partial charge in [-0.05, 0) is 57.5 Å². The monoisotopic (exact) mass is 476 g/mol. The summed E-state index contributed by atoms with van der Waals surface area (Å²) < 4.78 is 5.40. The van der Waals surface area contributed by atoms with Crippen LogP contribution in [-0.2, 0) is 6.42 Å². The molecule has 150 valence electrons. The number of hydrogen-bond donors (Lipinski definition) is 2. The lowest BCUT2D eigenvalue weighted by molar-refractivity contribution is 0.292. The molecule has 0 aromatic heterocycles. The number of nitrogens with one attached hydrogen (secondary N) is 2. The molecule has 0 aliphatic heterocycles. The molecule has 5 nitrogen and oxygen atoms in total. The predicted molar refractivity (Wildman–Crippen MR) is 123 cm³/mol. The average molecular weight is 476 g/mol. The van der Waals surface area contributed by atoms with Crippen LogP contribution in [0.25, 0.3) is 0 Å². The first kappa shape index (κ1) is 25.0. The van der Waals surface area contributed by atoms with E-state index >= 15 is 0 Å². The van der Waals surface area contributed by atoms with Gasteiger partial charge in [-0.15, -0.1) is 24.0 Å². The third-order valence-electron chi connectivity index (χ3n) is 4.49. The first-order valence-electron chi connectivity index (χ1n) is 9.45. The van der Waals surface area contributed by atoms with E-state index in [0.29, 0.717) is 6.04 Å². The normalized spacial score (nSPS) is 12.5. The lowest BCUT2D eigenvalue weighted by Crippen LogP contribution is -2.43. The molecule has 0 aliphatic rings. The van der Waals surface area contributed by atoms with Gasteiger partial charge in [0.2, 0.25) is 0 Å². The second kappa shape index (κ2) is 15.1. The Morgan fingerprint density at radius 1 is 1.23 bits per heavy atom. The van der Waals surface area contributed by atoms with Crippen molar-refractivity contribution in [2.45, 2.75) is 46.1 Å². The van der Waals surface area contributed by atoms with Crippen LogP contribution in [0.3, 0.4) is 0 Å². The minimum absolute atomic E-state index is 0. The summed E-state index contributed by atoms with van der Waals surface area (Å²) in [5, 5.41) is 6.87. The number of methoxy groups -OCH3 is 1. The van der Waals surface area contributed by atoms with E-state index in [-0.39, 0.29) is 24.0 Å². The second-order valence-electron chi connectivity index (χ2n) is 6.28. The summed E-state index contributed by atoms with van der Waals surface area (Å²) in [6, 6.07) is 8.55. The van der Waals surface area contributed by atoms with Crippen molar-refractivity contribution in [3.63, 3.8) is 0 Å². The van der Waals surface area contributed by atoms with Crippen molar-refractivity contribution in [2.24, 2.45) is 4.99 Å². The maximum Gasteiger partial charge on any atom is 0.191 e. The zero-order valence-corrected chi connectivity index (χ0v) is 19.4. The van der Waals surface area contributed by atoms with E-state index in [0.717, 1.165) is 44.2 Å². The van der Waals surface area contributed by atoms with Crippen molar-refractivity contribution in [3.05, 3.63) is 29.8 Å². The second-order valence-corrected chi connectivity index (χ2v) is 6.28. The first-order valence-corrected chi connectivity index (χ1v) is 9.45. The van der Waals surface area contributed by atoms with Gasteiger partial charge in [-0.3, -0.25) is 4.99 Å². The topological polar surface area (TPSA) is 48.9 Å². The van der Waals surface area contributed by atoms with Crippen molar-refractivity contribution >= 4 is 29.9 Å². The Balaban J connectivity index is 0.00000625. The van der Waals surface area contributed by atoms with Crippen LogP contribution in [-0.4, -0.2) is 57.2 Å². The van der Waals surface area contributed by atoms with Crippen LogP contribution in [0, 0.1) is 0 Å². The van der Waals surface area contributed by atoms with Crippen LogP contribution >= 0.6 is 24.0 Å². The maximum atomic E-state index is 5.40. The van der Waals surface area contributed by atoms with Crippen molar-refractivity contribution in [1.82, 2.24) is 15.5 Å². The van der Waals surface area contributed by atoms with E-state index < -0.39 is 0 Å². The van der Waals surface area contributed by atoms with Crippen molar-refractivity contribution < 1.29 is 4.74 Å². The maximum absolute atomic E-state index is 5.40. The van der Waals surface area contributed by atoms with Gasteiger partial charge in [-0.1, -0.05) is 32.0 Å². The van der Waals surface area contributed by atoms with Gasteiger partial charge in [-0.2, -0.15) is 0 Å². The molecule has 1 aromatic carbocycles. The van der Waals surface area contributed by atoms with E-state index in [1.54, 1.807) is 7.11 Å². The molecule has 0 spiro atoms.